The Hall–Kier alpha value is -1.39. The van der Waals surface area contributed by atoms with Crippen molar-refractivity contribution in [1.82, 2.24) is 0 Å². The summed E-state index contributed by atoms with van der Waals surface area (Å²) >= 11 is 5.55. The number of hydrogen-bond donors (Lipinski definition) is 2. The van der Waals surface area contributed by atoms with Crippen LogP contribution < -0.4 is 5.73 Å². The maximum atomic E-state index is 12.8. The molecule has 80 valence electrons. The van der Waals surface area contributed by atoms with E-state index in [0.717, 1.165) is 6.08 Å². The Bertz CT molecular complexity index is 406. The topological polar surface area (TPSA) is 63.3 Å². The maximum absolute atomic E-state index is 12.8. The molecule has 3 nitrogen and oxygen atoms in total. The highest BCUT2D eigenvalue weighted by molar-refractivity contribution is 6.30. The second kappa shape index (κ2) is 4.91. The van der Waals surface area contributed by atoms with Crippen LogP contribution in [0.1, 0.15) is 11.6 Å². The third-order valence-electron chi connectivity index (χ3n) is 1.77. The maximum Gasteiger partial charge on any atom is 0.328 e. The smallest absolute Gasteiger partial charge is 0.328 e. The van der Waals surface area contributed by atoms with E-state index in [0.29, 0.717) is 5.56 Å². The SMILES string of the molecule is NC(/C=C/C(=O)O)c1ccc(F)c(Cl)c1. The number of carbonyl (C=O) groups is 1. The largest absolute Gasteiger partial charge is 0.478 e. The van der Waals surface area contributed by atoms with E-state index in [1.54, 1.807) is 0 Å². The predicted molar refractivity (Wildman–Crippen MR) is 55.1 cm³/mol. The van der Waals surface area contributed by atoms with Gasteiger partial charge in [-0.25, -0.2) is 9.18 Å². The molecule has 1 rings (SSSR count). The van der Waals surface area contributed by atoms with Gasteiger partial charge >= 0.3 is 5.97 Å². The average Bonchev–Trinajstić information content (AvgIpc) is 2.18. The van der Waals surface area contributed by atoms with Crippen LogP contribution >= 0.6 is 11.6 Å². The molecule has 1 aromatic rings. The third kappa shape index (κ3) is 3.34. The van der Waals surface area contributed by atoms with Gasteiger partial charge in [0.15, 0.2) is 0 Å². The molecule has 1 atom stereocenters. The first-order chi connectivity index (χ1) is 7.00. The first-order valence-corrected chi connectivity index (χ1v) is 4.50. The van der Waals surface area contributed by atoms with Crippen LogP contribution in [0.25, 0.3) is 0 Å². The Morgan fingerprint density at radius 1 is 1.60 bits per heavy atom. The van der Waals surface area contributed by atoms with Crippen molar-refractivity contribution < 1.29 is 14.3 Å². The normalized spacial score (nSPS) is 13.0. The lowest BCUT2D eigenvalue weighted by Gasteiger charge is -2.07. The van der Waals surface area contributed by atoms with Gasteiger partial charge in [-0.15, -0.1) is 0 Å². The minimum Gasteiger partial charge on any atom is -0.478 e. The van der Waals surface area contributed by atoms with E-state index in [2.05, 4.69) is 0 Å². The standard InChI is InChI=1S/C10H9ClFNO2/c11-7-5-6(1-2-8(7)12)9(13)3-4-10(14)15/h1-5,9H,13H2,(H,14,15)/b4-3+. The fourth-order valence-corrected chi connectivity index (χ4v) is 1.21. The zero-order valence-corrected chi connectivity index (χ0v) is 8.41. The molecule has 0 spiro atoms. The van der Waals surface area contributed by atoms with Crippen LogP contribution in [-0.4, -0.2) is 11.1 Å². The Balaban J connectivity index is 2.87. The van der Waals surface area contributed by atoms with E-state index in [1.807, 2.05) is 0 Å². The fourth-order valence-electron chi connectivity index (χ4n) is 1.02. The van der Waals surface area contributed by atoms with Gasteiger partial charge in [0.05, 0.1) is 5.02 Å². The van der Waals surface area contributed by atoms with Crippen molar-refractivity contribution in [3.05, 3.63) is 46.8 Å². The molecule has 0 aliphatic heterocycles. The van der Waals surface area contributed by atoms with Crippen LogP contribution in [-0.2, 0) is 4.79 Å². The second-order valence-corrected chi connectivity index (χ2v) is 3.30. The van der Waals surface area contributed by atoms with Crippen molar-refractivity contribution in [2.45, 2.75) is 6.04 Å². The van der Waals surface area contributed by atoms with E-state index < -0.39 is 17.8 Å². The number of benzene rings is 1. The van der Waals surface area contributed by atoms with Crippen LogP contribution in [0.3, 0.4) is 0 Å². The van der Waals surface area contributed by atoms with Gasteiger partial charge in [-0.2, -0.15) is 0 Å². The molecule has 3 N–H and O–H groups in total. The number of halogens is 2. The van der Waals surface area contributed by atoms with Gasteiger partial charge in [0.1, 0.15) is 5.82 Å². The predicted octanol–water partition coefficient (Wildman–Crippen LogP) is 2.12. The van der Waals surface area contributed by atoms with Crippen molar-refractivity contribution in [2.24, 2.45) is 5.73 Å². The zero-order valence-electron chi connectivity index (χ0n) is 7.65. The highest BCUT2D eigenvalue weighted by atomic mass is 35.5. The van der Waals surface area contributed by atoms with Gasteiger partial charge < -0.3 is 10.8 Å². The minimum atomic E-state index is -1.08. The summed E-state index contributed by atoms with van der Waals surface area (Å²) in [5.41, 5.74) is 6.19. The van der Waals surface area contributed by atoms with Crippen LogP contribution in [0.5, 0.6) is 0 Å². The number of nitrogens with two attached hydrogens (primary N) is 1. The first kappa shape index (κ1) is 11.7. The number of hydrogen-bond acceptors (Lipinski definition) is 2. The highest BCUT2D eigenvalue weighted by Gasteiger charge is 2.06. The van der Waals surface area contributed by atoms with Crippen LogP contribution in [0.4, 0.5) is 4.39 Å². The lowest BCUT2D eigenvalue weighted by Crippen LogP contribution is -2.07. The molecule has 0 heterocycles. The van der Waals surface area contributed by atoms with Gasteiger partial charge in [0.2, 0.25) is 0 Å². The Kier molecular flexibility index (Phi) is 3.82. The zero-order chi connectivity index (χ0) is 11.4. The first-order valence-electron chi connectivity index (χ1n) is 4.12. The summed E-state index contributed by atoms with van der Waals surface area (Å²) in [5.74, 6) is -1.62. The third-order valence-corrected chi connectivity index (χ3v) is 2.06. The number of rotatable bonds is 3. The lowest BCUT2D eigenvalue weighted by atomic mass is 10.1. The summed E-state index contributed by atoms with van der Waals surface area (Å²) in [4.78, 5) is 10.2. The number of carboxylic acids is 1. The molecule has 1 aromatic carbocycles. The molecule has 15 heavy (non-hydrogen) atoms. The van der Waals surface area contributed by atoms with E-state index in [-0.39, 0.29) is 5.02 Å². The molecular formula is C10H9ClFNO2. The van der Waals surface area contributed by atoms with Crippen molar-refractivity contribution in [1.29, 1.82) is 0 Å². The van der Waals surface area contributed by atoms with Gasteiger partial charge in [-0.1, -0.05) is 23.7 Å². The average molecular weight is 230 g/mol. The molecule has 0 saturated heterocycles. The molecule has 0 aliphatic carbocycles. The molecule has 0 amide bonds. The summed E-state index contributed by atoms with van der Waals surface area (Å²) in [7, 11) is 0. The lowest BCUT2D eigenvalue weighted by molar-refractivity contribution is -0.131. The van der Waals surface area contributed by atoms with Gasteiger partial charge in [-0.05, 0) is 17.7 Å². The van der Waals surface area contributed by atoms with Crippen molar-refractivity contribution in [2.75, 3.05) is 0 Å². The Morgan fingerprint density at radius 3 is 2.80 bits per heavy atom. The minimum absolute atomic E-state index is 0.0355. The van der Waals surface area contributed by atoms with Gasteiger partial charge in [0, 0.05) is 12.1 Å². The van der Waals surface area contributed by atoms with Gasteiger partial charge in [0.25, 0.3) is 0 Å². The van der Waals surface area contributed by atoms with E-state index >= 15 is 0 Å². The highest BCUT2D eigenvalue weighted by Crippen LogP contribution is 2.20. The van der Waals surface area contributed by atoms with Crippen molar-refractivity contribution >= 4 is 17.6 Å². The number of carboxylic acid groups (broad SMARTS) is 1. The fraction of sp³-hybridized carbons (Fsp3) is 0.100. The van der Waals surface area contributed by atoms with E-state index in [1.165, 1.54) is 24.3 Å². The van der Waals surface area contributed by atoms with Crippen molar-refractivity contribution in [3.63, 3.8) is 0 Å². The summed E-state index contributed by atoms with van der Waals surface area (Å²) in [5, 5.41) is 8.34. The molecule has 0 saturated carbocycles. The molecule has 0 bridgehead atoms. The molecule has 0 aromatic heterocycles. The molecule has 0 fully saturated rings. The quantitative estimate of drug-likeness (QED) is 0.781. The molecule has 1 unspecified atom stereocenters. The van der Waals surface area contributed by atoms with E-state index in [9.17, 15) is 9.18 Å². The Labute approximate surface area is 91.0 Å². The summed E-state index contributed by atoms with van der Waals surface area (Å²) in [6.45, 7) is 0. The molecule has 0 aliphatic rings. The summed E-state index contributed by atoms with van der Waals surface area (Å²) in [6.07, 6.45) is 2.23. The Morgan fingerprint density at radius 2 is 2.27 bits per heavy atom. The van der Waals surface area contributed by atoms with Crippen LogP contribution in [0, 0.1) is 5.82 Å². The van der Waals surface area contributed by atoms with Crippen LogP contribution in [0.2, 0.25) is 5.02 Å². The van der Waals surface area contributed by atoms with Crippen LogP contribution in [0.15, 0.2) is 30.4 Å². The number of aliphatic carboxylic acids is 1. The second-order valence-electron chi connectivity index (χ2n) is 2.90. The van der Waals surface area contributed by atoms with Crippen molar-refractivity contribution in [3.8, 4) is 0 Å². The molecule has 5 heteroatoms. The van der Waals surface area contributed by atoms with Gasteiger partial charge in [-0.3, -0.25) is 0 Å². The monoisotopic (exact) mass is 229 g/mol. The summed E-state index contributed by atoms with van der Waals surface area (Å²) < 4.78 is 12.8. The molecule has 0 radical (unpaired) electrons. The summed E-state index contributed by atoms with van der Waals surface area (Å²) in [6, 6.07) is 3.40. The molecular weight excluding hydrogens is 221 g/mol. The van der Waals surface area contributed by atoms with E-state index in [4.69, 9.17) is 22.4 Å².